The molecular weight excluding hydrogens is 289 g/mol. The lowest BCUT2D eigenvalue weighted by Gasteiger charge is -2.26. The fourth-order valence-corrected chi connectivity index (χ4v) is 1.60. The zero-order valence-electron chi connectivity index (χ0n) is 13.1. The molecule has 122 valence electrons. The molecule has 3 amide bonds. The minimum atomic E-state index is -0.755. The van der Waals surface area contributed by atoms with Crippen molar-refractivity contribution in [2.45, 2.75) is 32.9 Å². The maximum absolute atomic E-state index is 12.8. The van der Waals surface area contributed by atoms with Gasteiger partial charge in [-0.05, 0) is 38.5 Å². The third-order valence-electron chi connectivity index (χ3n) is 2.57. The van der Waals surface area contributed by atoms with Crippen LogP contribution in [0.3, 0.4) is 0 Å². The lowest BCUT2D eigenvalue weighted by Crippen LogP contribution is -2.47. The Bertz CT molecular complexity index is 512. The monoisotopic (exact) mass is 311 g/mol. The molecule has 0 fully saturated rings. The van der Waals surface area contributed by atoms with Crippen LogP contribution in [0.2, 0.25) is 0 Å². The molecule has 0 radical (unpaired) electrons. The standard InChI is InChI=1S/C15H22FN3O3/c1-15(2,3)22-14(21)19(9-8-17)13(20)18-10-11-4-6-12(16)7-5-11/h4-7H,8-10,17H2,1-3H3,(H,18,20). The maximum Gasteiger partial charge on any atom is 0.418 e. The van der Waals surface area contributed by atoms with Crippen molar-refractivity contribution in [1.29, 1.82) is 0 Å². The van der Waals surface area contributed by atoms with Crippen molar-refractivity contribution < 1.29 is 18.7 Å². The van der Waals surface area contributed by atoms with Gasteiger partial charge in [0.25, 0.3) is 0 Å². The summed E-state index contributed by atoms with van der Waals surface area (Å²) in [5.41, 5.74) is 5.43. The zero-order valence-corrected chi connectivity index (χ0v) is 13.1. The van der Waals surface area contributed by atoms with Crippen LogP contribution in [-0.2, 0) is 11.3 Å². The highest BCUT2D eigenvalue weighted by Gasteiger charge is 2.26. The summed E-state index contributed by atoms with van der Waals surface area (Å²) in [6.45, 7) is 5.47. The van der Waals surface area contributed by atoms with Crippen molar-refractivity contribution in [2.75, 3.05) is 13.1 Å². The van der Waals surface area contributed by atoms with Crippen LogP contribution >= 0.6 is 0 Å². The normalized spacial score (nSPS) is 11.0. The molecule has 1 aromatic carbocycles. The van der Waals surface area contributed by atoms with Crippen molar-refractivity contribution in [3.63, 3.8) is 0 Å². The number of halogens is 1. The maximum atomic E-state index is 12.8. The zero-order chi connectivity index (χ0) is 16.8. The van der Waals surface area contributed by atoms with E-state index in [-0.39, 0.29) is 25.5 Å². The van der Waals surface area contributed by atoms with Crippen LogP contribution in [0.5, 0.6) is 0 Å². The fourth-order valence-electron chi connectivity index (χ4n) is 1.60. The van der Waals surface area contributed by atoms with Crippen LogP contribution in [-0.4, -0.2) is 35.7 Å². The van der Waals surface area contributed by atoms with Crippen LogP contribution in [0.1, 0.15) is 26.3 Å². The molecule has 3 N–H and O–H groups in total. The van der Waals surface area contributed by atoms with E-state index in [2.05, 4.69) is 5.32 Å². The van der Waals surface area contributed by atoms with Gasteiger partial charge in [-0.3, -0.25) is 0 Å². The predicted octanol–water partition coefficient (Wildman–Crippen LogP) is 2.23. The molecule has 0 bridgehead atoms. The number of carbonyl (C=O) groups excluding carboxylic acids is 2. The van der Waals surface area contributed by atoms with Crippen molar-refractivity contribution in [3.8, 4) is 0 Å². The van der Waals surface area contributed by atoms with Crippen LogP contribution in [0.25, 0.3) is 0 Å². The fraction of sp³-hybridized carbons (Fsp3) is 0.467. The molecule has 7 heteroatoms. The third-order valence-corrected chi connectivity index (χ3v) is 2.57. The molecule has 22 heavy (non-hydrogen) atoms. The first kappa shape index (κ1) is 17.9. The summed E-state index contributed by atoms with van der Waals surface area (Å²) in [5.74, 6) is -0.353. The Hall–Kier alpha value is -2.15. The lowest BCUT2D eigenvalue weighted by molar-refractivity contribution is 0.0325. The van der Waals surface area contributed by atoms with E-state index in [1.54, 1.807) is 32.9 Å². The average Bonchev–Trinajstić information content (AvgIpc) is 2.41. The molecule has 1 aromatic rings. The van der Waals surface area contributed by atoms with Gasteiger partial charge in [0.1, 0.15) is 11.4 Å². The third kappa shape index (κ3) is 6.09. The highest BCUT2D eigenvalue weighted by Crippen LogP contribution is 2.10. The number of amides is 3. The summed E-state index contributed by atoms with van der Waals surface area (Å²) in [6, 6.07) is 5.09. The van der Waals surface area contributed by atoms with Crippen LogP contribution in [0.4, 0.5) is 14.0 Å². The van der Waals surface area contributed by atoms with Gasteiger partial charge in [0, 0.05) is 19.6 Å². The van der Waals surface area contributed by atoms with Crippen molar-refractivity contribution in [3.05, 3.63) is 35.6 Å². The molecule has 0 aliphatic rings. The summed E-state index contributed by atoms with van der Waals surface area (Å²) in [5, 5.41) is 2.58. The number of nitrogens with two attached hydrogens (primary N) is 1. The first-order chi connectivity index (χ1) is 10.2. The largest absolute Gasteiger partial charge is 0.443 e. The van der Waals surface area contributed by atoms with E-state index in [0.717, 1.165) is 4.90 Å². The second-order valence-corrected chi connectivity index (χ2v) is 5.71. The summed E-state index contributed by atoms with van der Waals surface area (Å²) in [4.78, 5) is 25.0. The summed E-state index contributed by atoms with van der Waals surface area (Å²) >= 11 is 0. The van der Waals surface area contributed by atoms with E-state index in [1.165, 1.54) is 12.1 Å². The molecule has 1 rings (SSSR count). The van der Waals surface area contributed by atoms with Crippen molar-refractivity contribution >= 4 is 12.1 Å². The van der Waals surface area contributed by atoms with E-state index < -0.39 is 17.7 Å². The first-order valence-corrected chi connectivity index (χ1v) is 6.96. The lowest BCUT2D eigenvalue weighted by atomic mass is 10.2. The molecule has 0 atom stereocenters. The molecular formula is C15H22FN3O3. The second kappa shape index (κ2) is 7.74. The SMILES string of the molecule is CC(C)(C)OC(=O)N(CCN)C(=O)NCc1ccc(F)cc1. The average molecular weight is 311 g/mol. The quantitative estimate of drug-likeness (QED) is 0.893. The molecule has 0 spiro atoms. The summed E-state index contributed by atoms with van der Waals surface area (Å²) < 4.78 is 18.0. The van der Waals surface area contributed by atoms with Crippen molar-refractivity contribution in [1.82, 2.24) is 10.2 Å². The van der Waals surface area contributed by atoms with Gasteiger partial charge < -0.3 is 15.8 Å². The number of hydrogen-bond acceptors (Lipinski definition) is 4. The van der Waals surface area contributed by atoms with Gasteiger partial charge in [-0.2, -0.15) is 0 Å². The van der Waals surface area contributed by atoms with Crippen LogP contribution < -0.4 is 11.1 Å². The van der Waals surface area contributed by atoms with E-state index in [9.17, 15) is 14.0 Å². The Morgan fingerprint density at radius 3 is 2.36 bits per heavy atom. The van der Waals surface area contributed by atoms with Gasteiger partial charge in [0.15, 0.2) is 0 Å². The van der Waals surface area contributed by atoms with E-state index in [0.29, 0.717) is 5.56 Å². The summed E-state index contributed by atoms with van der Waals surface area (Å²) in [6.07, 6.45) is -0.755. The molecule has 6 nitrogen and oxygen atoms in total. The van der Waals surface area contributed by atoms with Gasteiger partial charge in [0.2, 0.25) is 0 Å². The topological polar surface area (TPSA) is 84.7 Å². The summed E-state index contributed by atoms with van der Waals surface area (Å²) in [7, 11) is 0. The Morgan fingerprint density at radius 1 is 1.27 bits per heavy atom. The minimum absolute atomic E-state index is 0.0458. The van der Waals surface area contributed by atoms with Gasteiger partial charge >= 0.3 is 12.1 Å². The highest BCUT2D eigenvalue weighted by molar-refractivity contribution is 5.91. The number of nitrogens with one attached hydrogen (secondary N) is 1. The number of benzene rings is 1. The molecule has 0 aliphatic heterocycles. The molecule has 0 aromatic heterocycles. The number of ether oxygens (including phenoxy) is 1. The van der Waals surface area contributed by atoms with E-state index in [1.807, 2.05) is 0 Å². The van der Waals surface area contributed by atoms with Gasteiger partial charge in [-0.1, -0.05) is 12.1 Å². The smallest absolute Gasteiger partial charge is 0.418 e. The Labute approximate surface area is 129 Å². The van der Waals surface area contributed by atoms with Gasteiger partial charge in [0.05, 0.1) is 0 Å². The van der Waals surface area contributed by atoms with Crippen molar-refractivity contribution in [2.24, 2.45) is 5.73 Å². The number of nitrogens with zero attached hydrogens (tertiary/aromatic N) is 1. The second-order valence-electron chi connectivity index (χ2n) is 5.71. The van der Waals surface area contributed by atoms with E-state index in [4.69, 9.17) is 10.5 Å². The molecule has 0 saturated carbocycles. The molecule has 0 aliphatic carbocycles. The van der Waals surface area contributed by atoms with E-state index >= 15 is 0 Å². The number of imide groups is 1. The number of urea groups is 1. The van der Waals surface area contributed by atoms with Crippen LogP contribution in [0, 0.1) is 5.82 Å². The molecule has 0 unspecified atom stereocenters. The number of carbonyl (C=O) groups is 2. The Morgan fingerprint density at radius 2 is 1.86 bits per heavy atom. The number of hydrogen-bond donors (Lipinski definition) is 2. The molecule has 0 heterocycles. The highest BCUT2D eigenvalue weighted by atomic mass is 19.1. The number of rotatable bonds is 4. The van der Waals surface area contributed by atoms with Crippen LogP contribution in [0.15, 0.2) is 24.3 Å². The van der Waals surface area contributed by atoms with Gasteiger partial charge in [-0.15, -0.1) is 0 Å². The minimum Gasteiger partial charge on any atom is -0.443 e. The Balaban J connectivity index is 2.64. The first-order valence-electron chi connectivity index (χ1n) is 6.96. The van der Waals surface area contributed by atoms with Gasteiger partial charge in [-0.25, -0.2) is 18.9 Å². The Kier molecular flexibility index (Phi) is 6.30. The molecule has 0 saturated heterocycles. The predicted molar refractivity (Wildman–Crippen MR) is 80.6 cm³/mol.